The lowest BCUT2D eigenvalue weighted by Gasteiger charge is -2.31. The van der Waals surface area contributed by atoms with Gasteiger partial charge in [-0.2, -0.15) is 0 Å². The second-order valence-electron chi connectivity index (χ2n) is 5.65. The average Bonchev–Trinajstić information content (AvgIpc) is 2.88. The van der Waals surface area contributed by atoms with Crippen LogP contribution in [0.25, 0.3) is 0 Å². The maximum Gasteiger partial charge on any atom is 0.254 e. The number of carbonyl (C=O) groups excluding carboxylic acids is 1. The molecule has 1 fully saturated rings. The first-order valence-electron chi connectivity index (χ1n) is 7.33. The van der Waals surface area contributed by atoms with Crippen LogP contribution >= 0.6 is 0 Å². The minimum absolute atomic E-state index is 0.105. The summed E-state index contributed by atoms with van der Waals surface area (Å²) in [5, 5.41) is 0. The van der Waals surface area contributed by atoms with Crippen molar-refractivity contribution in [1.82, 2.24) is 4.90 Å². The lowest BCUT2D eigenvalue weighted by molar-refractivity contribution is -0.151. The fraction of sp³-hybridized carbons (Fsp3) is 0.562. The molecular formula is C16H24N2O2. The molecule has 4 nitrogen and oxygen atoms in total. The van der Waals surface area contributed by atoms with Crippen LogP contribution in [0.15, 0.2) is 24.3 Å². The molecule has 1 atom stereocenters. The number of benzene rings is 1. The van der Waals surface area contributed by atoms with E-state index in [2.05, 4.69) is 6.92 Å². The number of nitrogens with zero attached hydrogens (tertiary/aromatic N) is 1. The molecule has 0 aromatic heterocycles. The van der Waals surface area contributed by atoms with Gasteiger partial charge in [-0.1, -0.05) is 19.1 Å². The molecule has 1 heterocycles. The highest BCUT2D eigenvalue weighted by molar-refractivity contribution is 5.85. The molecule has 0 radical (unpaired) electrons. The van der Waals surface area contributed by atoms with Gasteiger partial charge in [-0.05, 0) is 43.9 Å². The molecular weight excluding hydrogens is 252 g/mol. The van der Waals surface area contributed by atoms with Crippen molar-refractivity contribution in [1.29, 1.82) is 0 Å². The maximum absolute atomic E-state index is 12.7. The minimum atomic E-state index is -0.636. The number of nitrogens with two attached hydrogens (primary N) is 1. The van der Waals surface area contributed by atoms with Crippen molar-refractivity contribution in [2.45, 2.75) is 45.3 Å². The fourth-order valence-corrected chi connectivity index (χ4v) is 2.65. The van der Waals surface area contributed by atoms with E-state index in [0.717, 1.165) is 37.1 Å². The predicted molar refractivity (Wildman–Crippen MR) is 80.2 cm³/mol. The molecule has 1 saturated heterocycles. The molecule has 1 aliphatic heterocycles. The van der Waals surface area contributed by atoms with Gasteiger partial charge in [0.2, 0.25) is 0 Å². The number of rotatable bonds is 5. The summed E-state index contributed by atoms with van der Waals surface area (Å²) in [7, 11) is 0. The van der Waals surface area contributed by atoms with Gasteiger partial charge < -0.3 is 15.4 Å². The van der Waals surface area contributed by atoms with E-state index in [9.17, 15) is 4.79 Å². The van der Waals surface area contributed by atoms with Crippen molar-refractivity contribution in [3.8, 4) is 0 Å². The van der Waals surface area contributed by atoms with Crippen LogP contribution in [0.5, 0.6) is 0 Å². The van der Waals surface area contributed by atoms with Crippen LogP contribution in [0.4, 0.5) is 5.69 Å². The predicted octanol–water partition coefficient (Wildman–Crippen LogP) is 2.58. The Bertz CT molecular complexity index is 450. The van der Waals surface area contributed by atoms with Gasteiger partial charge in [0.15, 0.2) is 0 Å². The van der Waals surface area contributed by atoms with Gasteiger partial charge >= 0.3 is 0 Å². The molecule has 1 unspecified atom stereocenters. The third kappa shape index (κ3) is 3.31. The zero-order chi connectivity index (χ0) is 14.6. The first-order valence-corrected chi connectivity index (χ1v) is 7.33. The molecule has 2 rings (SSSR count). The zero-order valence-electron chi connectivity index (χ0n) is 12.4. The van der Waals surface area contributed by atoms with Crippen LogP contribution in [0, 0.1) is 0 Å². The lowest BCUT2D eigenvalue weighted by Crippen LogP contribution is -2.46. The van der Waals surface area contributed by atoms with Crippen LogP contribution in [0.2, 0.25) is 0 Å². The van der Waals surface area contributed by atoms with E-state index < -0.39 is 5.60 Å². The summed E-state index contributed by atoms with van der Waals surface area (Å²) < 4.78 is 5.68. The second-order valence-corrected chi connectivity index (χ2v) is 5.65. The quantitative estimate of drug-likeness (QED) is 0.841. The Morgan fingerprint density at radius 3 is 2.65 bits per heavy atom. The summed E-state index contributed by atoms with van der Waals surface area (Å²) in [6.07, 6.45) is 2.72. The molecule has 1 aromatic rings. The molecule has 0 saturated carbocycles. The van der Waals surface area contributed by atoms with Crippen LogP contribution < -0.4 is 5.73 Å². The van der Waals surface area contributed by atoms with Gasteiger partial charge in [-0.25, -0.2) is 0 Å². The first-order chi connectivity index (χ1) is 9.55. The molecule has 1 amide bonds. The Kier molecular flexibility index (Phi) is 4.65. The maximum atomic E-state index is 12.7. The standard InChI is InChI=1S/C16H24N2O2/c1-3-10-18(12-13-5-7-14(17)8-6-13)15(19)16(2)9-4-11-20-16/h5-8H,3-4,9-12,17H2,1-2H3. The first kappa shape index (κ1) is 14.9. The Hall–Kier alpha value is -1.55. The van der Waals surface area contributed by atoms with Gasteiger partial charge in [0.25, 0.3) is 5.91 Å². The fourth-order valence-electron chi connectivity index (χ4n) is 2.65. The van der Waals surface area contributed by atoms with Crippen molar-refractivity contribution in [2.24, 2.45) is 0 Å². The van der Waals surface area contributed by atoms with E-state index >= 15 is 0 Å². The smallest absolute Gasteiger partial charge is 0.254 e. The zero-order valence-corrected chi connectivity index (χ0v) is 12.4. The normalized spacial score (nSPS) is 21.9. The number of anilines is 1. The van der Waals surface area contributed by atoms with Crippen molar-refractivity contribution < 1.29 is 9.53 Å². The average molecular weight is 276 g/mol. The van der Waals surface area contributed by atoms with Crippen molar-refractivity contribution in [3.05, 3.63) is 29.8 Å². The van der Waals surface area contributed by atoms with Crippen LogP contribution in [0.1, 0.15) is 38.7 Å². The molecule has 1 aliphatic rings. The highest BCUT2D eigenvalue weighted by Crippen LogP contribution is 2.28. The van der Waals surface area contributed by atoms with Crippen molar-refractivity contribution >= 4 is 11.6 Å². The van der Waals surface area contributed by atoms with Crippen LogP contribution in [-0.2, 0) is 16.1 Å². The molecule has 2 N–H and O–H groups in total. The number of amides is 1. The largest absolute Gasteiger partial charge is 0.399 e. The summed E-state index contributed by atoms with van der Waals surface area (Å²) in [5.41, 5.74) is 6.90. The monoisotopic (exact) mass is 276 g/mol. The summed E-state index contributed by atoms with van der Waals surface area (Å²) in [6, 6.07) is 7.70. The van der Waals surface area contributed by atoms with Crippen LogP contribution in [0.3, 0.4) is 0 Å². The summed E-state index contributed by atoms with van der Waals surface area (Å²) in [6.45, 7) is 6.05. The lowest BCUT2D eigenvalue weighted by atomic mass is 10.0. The van der Waals surface area contributed by atoms with E-state index in [4.69, 9.17) is 10.5 Å². The Balaban J connectivity index is 2.10. The van der Waals surface area contributed by atoms with E-state index in [1.165, 1.54) is 0 Å². The molecule has 4 heteroatoms. The van der Waals surface area contributed by atoms with Gasteiger partial charge in [-0.3, -0.25) is 4.79 Å². The Morgan fingerprint density at radius 2 is 2.10 bits per heavy atom. The third-order valence-corrected chi connectivity index (χ3v) is 3.81. The summed E-state index contributed by atoms with van der Waals surface area (Å²) >= 11 is 0. The summed E-state index contributed by atoms with van der Waals surface area (Å²) in [5.74, 6) is 0.105. The van der Waals surface area contributed by atoms with Gasteiger partial charge in [0.05, 0.1) is 0 Å². The highest BCUT2D eigenvalue weighted by Gasteiger charge is 2.40. The van der Waals surface area contributed by atoms with Gasteiger partial charge in [0, 0.05) is 25.4 Å². The number of ether oxygens (including phenoxy) is 1. The molecule has 1 aromatic carbocycles. The number of carbonyl (C=O) groups is 1. The molecule has 20 heavy (non-hydrogen) atoms. The van der Waals surface area contributed by atoms with Crippen LogP contribution in [-0.4, -0.2) is 29.6 Å². The van der Waals surface area contributed by atoms with E-state index in [1.807, 2.05) is 36.1 Å². The summed E-state index contributed by atoms with van der Waals surface area (Å²) in [4.78, 5) is 14.6. The van der Waals surface area contributed by atoms with Crippen molar-refractivity contribution in [2.75, 3.05) is 18.9 Å². The minimum Gasteiger partial charge on any atom is -0.399 e. The number of nitrogen functional groups attached to an aromatic ring is 1. The molecule has 110 valence electrons. The number of hydrogen-bond acceptors (Lipinski definition) is 3. The van der Waals surface area contributed by atoms with Crippen molar-refractivity contribution in [3.63, 3.8) is 0 Å². The molecule has 0 spiro atoms. The Morgan fingerprint density at radius 1 is 1.40 bits per heavy atom. The van der Waals surface area contributed by atoms with Gasteiger partial charge in [0.1, 0.15) is 5.60 Å². The van der Waals surface area contributed by atoms with E-state index in [0.29, 0.717) is 13.2 Å². The highest BCUT2D eigenvalue weighted by atomic mass is 16.5. The number of hydrogen-bond donors (Lipinski definition) is 1. The third-order valence-electron chi connectivity index (χ3n) is 3.81. The second kappa shape index (κ2) is 6.27. The molecule has 0 aliphatic carbocycles. The SMILES string of the molecule is CCCN(Cc1ccc(N)cc1)C(=O)C1(C)CCCO1. The molecule has 0 bridgehead atoms. The van der Waals surface area contributed by atoms with E-state index in [1.54, 1.807) is 0 Å². The van der Waals surface area contributed by atoms with E-state index in [-0.39, 0.29) is 5.91 Å². The van der Waals surface area contributed by atoms with Gasteiger partial charge in [-0.15, -0.1) is 0 Å². The topological polar surface area (TPSA) is 55.6 Å². The Labute approximate surface area is 120 Å².